The Hall–Kier alpha value is -0.710. The van der Waals surface area contributed by atoms with Crippen molar-refractivity contribution in [2.24, 2.45) is 5.92 Å². The van der Waals surface area contributed by atoms with Gasteiger partial charge in [0.2, 0.25) is 0 Å². The molecule has 0 bridgehead atoms. The Morgan fingerprint density at radius 3 is 2.50 bits per heavy atom. The van der Waals surface area contributed by atoms with E-state index in [1.807, 2.05) is 0 Å². The summed E-state index contributed by atoms with van der Waals surface area (Å²) in [6, 6.07) is 0. The first-order valence-corrected chi connectivity index (χ1v) is 5.75. The van der Waals surface area contributed by atoms with Gasteiger partial charge in [-0.1, -0.05) is 13.3 Å². The summed E-state index contributed by atoms with van der Waals surface area (Å²) in [7, 11) is 0. The van der Waals surface area contributed by atoms with E-state index in [4.69, 9.17) is 0 Å². The van der Waals surface area contributed by atoms with E-state index in [0.29, 0.717) is 18.8 Å². The molecule has 0 aliphatic heterocycles. The number of carbonyl (C=O) groups is 1. The quantitative estimate of drug-likeness (QED) is 0.779. The van der Waals surface area contributed by atoms with Crippen molar-refractivity contribution in [2.75, 3.05) is 6.54 Å². The van der Waals surface area contributed by atoms with Crippen LogP contribution in [0.3, 0.4) is 0 Å². The van der Waals surface area contributed by atoms with Crippen LogP contribution in [0.15, 0.2) is 0 Å². The summed E-state index contributed by atoms with van der Waals surface area (Å²) in [6.07, 6.45) is 1.04. The lowest BCUT2D eigenvalue weighted by Crippen LogP contribution is -2.46. The van der Waals surface area contributed by atoms with Gasteiger partial charge in [-0.25, -0.2) is 0 Å². The maximum Gasteiger partial charge on any atom is 0.315 e. The molecule has 1 saturated carbocycles. The van der Waals surface area contributed by atoms with Gasteiger partial charge < -0.3 is 10.4 Å². The van der Waals surface area contributed by atoms with Crippen molar-refractivity contribution in [1.29, 1.82) is 0 Å². The molecule has 3 nitrogen and oxygen atoms in total. The van der Waals surface area contributed by atoms with Crippen LogP contribution in [-0.2, 0) is 4.79 Å². The minimum atomic E-state index is -3.00. The number of rotatable bonds is 4. The summed E-state index contributed by atoms with van der Waals surface area (Å²) in [6.45, 7) is 2.04. The molecule has 0 aromatic carbocycles. The molecule has 1 aliphatic carbocycles. The molecular formula is C11H19F2NO2. The molecule has 1 fully saturated rings. The lowest BCUT2D eigenvalue weighted by atomic mass is 9.78. The molecule has 1 aliphatic rings. The number of aliphatic hydroxyl groups is 1. The van der Waals surface area contributed by atoms with E-state index >= 15 is 0 Å². The minimum Gasteiger partial charge on any atom is -0.388 e. The van der Waals surface area contributed by atoms with Gasteiger partial charge in [-0.05, 0) is 31.6 Å². The van der Waals surface area contributed by atoms with E-state index in [9.17, 15) is 18.7 Å². The SMILES string of the molecule is CCC1CCC(O)(CNC(=O)C(F)F)CC1. The zero-order valence-corrected chi connectivity index (χ0v) is 9.51. The molecule has 16 heavy (non-hydrogen) atoms. The molecule has 0 saturated heterocycles. The highest BCUT2D eigenvalue weighted by Crippen LogP contribution is 2.33. The van der Waals surface area contributed by atoms with Crippen molar-refractivity contribution >= 4 is 5.91 Å². The molecule has 0 unspecified atom stereocenters. The molecule has 94 valence electrons. The molecule has 0 radical (unpaired) electrons. The first kappa shape index (κ1) is 13.4. The van der Waals surface area contributed by atoms with Crippen molar-refractivity contribution in [3.8, 4) is 0 Å². The second kappa shape index (κ2) is 5.57. The Kier molecular flexibility index (Phi) is 4.65. The van der Waals surface area contributed by atoms with Crippen molar-refractivity contribution < 1.29 is 18.7 Å². The van der Waals surface area contributed by atoms with Gasteiger partial charge in [0, 0.05) is 6.54 Å². The van der Waals surface area contributed by atoms with Crippen LogP contribution in [0.25, 0.3) is 0 Å². The van der Waals surface area contributed by atoms with Crippen LogP contribution >= 0.6 is 0 Å². The van der Waals surface area contributed by atoms with Gasteiger partial charge in [-0.2, -0.15) is 8.78 Å². The number of hydrogen-bond acceptors (Lipinski definition) is 2. The zero-order chi connectivity index (χ0) is 12.2. The van der Waals surface area contributed by atoms with Gasteiger partial charge in [0.15, 0.2) is 0 Å². The summed E-state index contributed by atoms with van der Waals surface area (Å²) in [4.78, 5) is 10.7. The molecule has 2 N–H and O–H groups in total. The van der Waals surface area contributed by atoms with E-state index in [1.165, 1.54) is 0 Å². The van der Waals surface area contributed by atoms with Gasteiger partial charge in [0.05, 0.1) is 5.60 Å². The number of alkyl halides is 2. The smallest absolute Gasteiger partial charge is 0.315 e. The lowest BCUT2D eigenvalue weighted by Gasteiger charge is -2.35. The fourth-order valence-electron chi connectivity index (χ4n) is 2.13. The van der Waals surface area contributed by atoms with Gasteiger partial charge in [0.1, 0.15) is 0 Å². The van der Waals surface area contributed by atoms with Crippen LogP contribution in [0.4, 0.5) is 8.78 Å². The van der Waals surface area contributed by atoms with E-state index in [2.05, 4.69) is 12.2 Å². The number of halogens is 2. The van der Waals surface area contributed by atoms with E-state index in [0.717, 1.165) is 19.3 Å². The van der Waals surface area contributed by atoms with Crippen LogP contribution in [0.1, 0.15) is 39.0 Å². The monoisotopic (exact) mass is 235 g/mol. The second-order valence-corrected chi connectivity index (χ2v) is 4.59. The fourth-order valence-corrected chi connectivity index (χ4v) is 2.13. The van der Waals surface area contributed by atoms with E-state index in [-0.39, 0.29) is 6.54 Å². The Bertz CT molecular complexity index is 238. The van der Waals surface area contributed by atoms with Crippen molar-refractivity contribution in [1.82, 2.24) is 5.32 Å². The molecule has 1 rings (SSSR count). The third-order valence-corrected chi connectivity index (χ3v) is 3.40. The van der Waals surface area contributed by atoms with Crippen LogP contribution in [-0.4, -0.2) is 29.6 Å². The lowest BCUT2D eigenvalue weighted by molar-refractivity contribution is -0.133. The fraction of sp³-hybridized carbons (Fsp3) is 0.909. The molecule has 0 aromatic rings. The van der Waals surface area contributed by atoms with Gasteiger partial charge >= 0.3 is 6.43 Å². The average Bonchev–Trinajstić information content (AvgIpc) is 2.27. The molecule has 0 atom stereocenters. The topological polar surface area (TPSA) is 49.3 Å². The van der Waals surface area contributed by atoms with Crippen LogP contribution in [0.5, 0.6) is 0 Å². The van der Waals surface area contributed by atoms with Crippen LogP contribution in [0.2, 0.25) is 0 Å². The van der Waals surface area contributed by atoms with Crippen molar-refractivity contribution in [3.05, 3.63) is 0 Å². The summed E-state index contributed by atoms with van der Waals surface area (Å²) < 4.78 is 23.9. The molecule has 0 aromatic heterocycles. The Balaban J connectivity index is 2.34. The Morgan fingerprint density at radius 1 is 1.50 bits per heavy atom. The normalized spacial score (nSPS) is 30.4. The maximum atomic E-state index is 11.9. The number of nitrogens with one attached hydrogen (secondary N) is 1. The first-order chi connectivity index (χ1) is 7.47. The minimum absolute atomic E-state index is 0.0629. The molecule has 5 heteroatoms. The molecular weight excluding hydrogens is 216 g/mol. The van der Waals surface area contributed by atoms with E-state index in [1.54, 1.807) is 0 Å². The van der Waals surface area contributed by atoms with Crippen LogP contribution in [0, 0.1) is 5.92 Å². The van der Waals surface area contributed by atoms with Gasteiger partial charge in [0.25, 0.3) is 5.91 Å². The Labute approximate surface area is 94.2 Å². The predicted molar refractivity (Wildman–Crippen MR) is 56.2 cm³/mol. The molecule has 1 amide bonds. The highest BCUT2D eigenvalue weighted by atomic mass is 19.3. The van der Waals surface area contributed by atoms with Crippen molar-refractivity contribution in [2.45, 2.75) is 51.1 Å². The van der Waals surface area contributed by atoms with Crippen molar-refractivity contribution in [3.63, 3.8) is 0 Å². The third-order valence-electron chi connectivity index (χ3n) is 3.40. The largest absolute Gasteiger partial charge is 0.388 e. The maximum absolute atomic E-state index is 11.9. The summed E-state index contributed by atoms with van der Waals surface area (Å²) in [5.41, 5.74) is -0.990. The number of carbonyl (C=O) groups excluding carboxylic acids is 1. The summed E-state index contributed by atoms with van der Waals surface area (Å²) >= 11 is 0. The second-order valence-electron chi connectivity index (χ2n) is 4.59. The summed E-state index contributed by atoms with van der Waals surface area (Å²) in [5.74, 6) is -0.683. The highest BCUT2D eigenvalue weighted by Gasteiger charge is 2.33. The molecule has 0 spiro atoms. The van der Waals surface area contributed by atoms with Gasteiger partial charge in [-0.15, -0.1) is 0 Å². The first-order valence-electron chi connectivity index (χ1n) is 5.75. The average molecular weight is 235 g/mol. The number of amides is 1. The number of hydrogen-bond donors (Lipinski definition) is 2. The standard InChI is InChI=1S/C11H19F2NO2/c1-2-8-3-5-11(16,6-4-8)7-14-10(15)9(12)13/h8-9,16H,2-7H2,1H3,(H,14,15). The Morgan fingerprint density at radius 2 is 2.06 bits per heavy atom. The van der Waals surface area contributed by atoms with Crippen LogP contribution < -0.4 is 5.32 Å². The summed E-state index contributed by atoms with van der Waals surface area (Å²) in [5, 5.41) is 12.1. The van der Waals surface area contributed by atoms with Gasteiger partial charge in [-0.3, -0.25) is 4.79 Å². The predicted octanol–water partition coefficient (Wildman–Crippen LogP) is 1.70. The zero-order valence-electron chi connectivity index (χ0n) is 9.51. The highest BCUT2D eigenvalue weighted by molar-refractivity contribution is 5.79. The molecule has 0 heterocycles. The third kappa shape index (κ3) is 3.70. The van der Waals surface area contributed by atoms with E-state index < -0.39 is 17.9 Å².